The van der Waals surface area contributed by atoms with Crippen LogP contribution in [0, 0.1) is 6.92 Å². The summed E-state index contributed by atoms with van der Waals surface area (Å²) in [4.78, 5) is 0. The van der Waals surface area contributed by atoms with Crippen molar-refractivity contribution in [3.63, 3.8) is 0 Å². The van der Waals surface area contributed by atoms with E-state index in [0.717, 1.165) is 36.0 Å². The van der Waals surface area contributed by atoms with Crippen LogP contribution in [-0.2, 0) is 0 Å². The lowest BCUT2D eigenvalue weighted by Gasteiger charge is -2.16. The zero-order chi connectivity index (χ0) is 18.6. The molecular weight excluding hydrogens is 320 g/mol. The van der Waals surface area contributed by atoms with Crippen LogP contribution < -0.4 is 15.4 Å². The molecule has 0 amide bonds. The maximum absolute atomic E-state index is 6.16. The first kappa shape index (κ1) is 20.2. The molecule has 0 aliphatic rings. The van der Waals surface area contributed by atoms with Crippen LogP contribution in [0.1, 0.15) is 57.9 Å². The van der Waals surface area contributed by atoms with Crippen LogP contribution in [-0.4, -0.2) is 13.1 Å². The van der Waals surface area contributed by atoms with Crippen molar-refractivity contribution in [2.45, 2.75) is 59.3 Å². The van der Waals surface area contributed by atoms with Gasteiger partial charge in [0.2, 0.25) is 0 Å². The summed E-state index contributed by atoms with van der Waals surface area (Å²) in [6.07, 6.45) is 7.41. The maximum Gasteiger partial charge on any atom is 0.150 e. The number of hydrogen-bond acceptors (Lipinski definition) is 3. The van der Waals surface area contributed by atoms with Crippen molar-refractivity contribution in [2.24, 2.45) is 0 Å². The van der Waals surface area contributed by atoms with Crippen molar-refractivity contribution >= 4 is 11.4 Å². The van der Waals surface area contributed by atoms with Gasteiger partial charge in [0.25, 0.3) is 0 Å². The number of ether oxygens (including phenoxy) is 1. The number of anilines is 2. The Morgan fingerprint density at radius 1 is 0.769 bits per heavy atom. The van der Waals surface area contributed by atoms with Crippen molar-refractivity contribution in [2.75, 3.05) is 23.7 Å². The first-order chi connectivity index (χ1) is 12.7. The summed E-state index contributed by atoms with van der Waals surface area (Å²) in [6, 6.07) is 14.4. The Balaban J connectivity index is 1.96. The summed E-state index contributed by atoms with van der Waals surface area (Å²) >= 11 is 0. The lowest BCUT2D eigenvalue weighted by molar-refractivity contribution is 0.484. The number of nitrogens with one attached hydrogen (secondary N) is 2. The van der Waals surface area contributed by atoms with E-state index in [4.69, 9.17) is 4.74 Å². The number of aryl methyl sites for hydroxylation is 1. The van der Waals surface area contributed by atoms with Gasteiger partial charge in [-0.15, -0.1) is 0 Å². The van der Waals surface area contributed by atoms with E-state index >= 15 is 0 Å². The molecule has 3 nitrogen and oxygen atoms in total. The monoisotopic (exact) mass is 354 g/mol. The van der Waals surface area contributed by atoms with Gasteiger partial charge in [0.05, 0.1) is 5.69 Å². The zero-order valence-corrected chi connectivity index (χ0v) is 16.6. The molecule has 0 heterocycles. The van der Waals surface area contributed by atoms with Gasteiger partial charge in [-0.2, -0.15) is 0 Å². The predicted octanol–water partition coefficient (Wildman–Crippen LogP) is 6.99. The molecule has 0 saturated heterocycles. The Bertz CT molecular complexity index is 637. The van der Waals surface area contributed by atoms with E-state index in [9.17, 15) is 0 Å². The molecule has 0 unspecified atom stereocenters. The van der Waals surface area contributed by atoms with Gasteiger partial charge in [0, 0.05) is 18.8 Å². The molecule has 0 aromatic heterocycles. The minimum atomic E-state index is 0.867. The second-order valence-electron chi connectivity index (χ2n) is 6.84. The van der Waals surface area contributed by atoms with Gasteiger partial charge in [-0.05, 0) is 55.7 Å². The molecule has 0 atom stereocenters. The normalized spacial score (nSPS) is 10.6. The van der Waals surface area contributed by atoms with E-state index in [1.807, 2.05) is 24.3 Å². The average Bonchev–Trinajstić information content (AvgIpc) is 2.65. The van der Waals surface area contributed by atoms with Gasteiger partial charge in [-0.25, -0.2) is 0 Å². The fourth-order valence-electron chi connectivity index (χ4n) is 2.92. The Hall–Kier alpha value is -2.16. The van der Waals surface area contributed by atoms with E-state index in [0.29, 0.717) is 0 Å². The second-order valence-corrected chi connectivity index (χ2v) is 6.84. The highest BCUT2D eigenvalue weighted by atomic mass is 16.5. The molecule has 0 aliphatic heterocycles. The topological polar surface area (TPSA) is 33.3 Å². The lowest BCUT2D eigenvalue weighted by Crippen LogP contribution is -2.04. The molecule has 3 heteroatoms. The Kier molecular flexibility index (Phi) is 8.88. The predicted molar refractivity (Wildman–Crippen MR) is 114 cm³/mol. The third-order valence-corrected chi connectivity index (χ3v) is 4.51. The SMILES string of the molecule is CCCCCNc1ccc(Oc2cccc(C)c2NCCCCC)cc1. The minimum absolute atomic E-state index is 0.867. The van der Waals surface area contributed by atoms with Gasteiger partial charge in [-0.1, -0.05) is 51.7 Å². The average molecular weight is 355 g/mol. The van der Waals surface area contributed by atoms with Crippen LogP contribution in [0.25, 0.3) is 0 Å². The Morgan fingerprint density at radius 2 is 1.42 bits per heavy atom. The minimum Gasteiger partial charge on any atom is -0.455 e. The molecule has 2 rings (SSSR count). The first-order valence-electron chi connectivity index (χ1n) is 10.1. The van der Waals surface area contributed by atoms with Crippen LogP contribution in [0.3, 0.4) is 0 Å². The zero-order valence-electron chi connectivity index (χ0n) is 16.6. The largest absolute Gasteiger partial charge is 0.455 e. The van der Waals surface area contributed by atoms with Gasteiger partial charge in [0.15, 0.2) is 5.75 Å². The molecule has 2 aromatic carbocycles. The number of para-hydroxylation sites is 1. The highest BCUT2D eigenvalue weighted by molar-refractivity contribution is 5.62. The van der Waals surface area contributed by atoms with Crippen LogP contribution >= 0.6 is 0 Å². The van der Waals surface area contributed by atoms with E-state index < -0.39 is 0 Å². The number of hydrogen-bond donors (Lipinski definition) is 2. The van der Waals surface area contributed by atoms with E-state index in [2.05, 4.69) is 49.6 Å². The summed E-state index contributed by atoms with van der Waals surface area (Å²) in [6.45, 7) is 8.58. The van der Waals surface area contributed by atoms with Crippen molar-refractivity contribution in [1.82, 2.24) is 0 Å². The summed E-state index contributed by atoms with van der Waals surface area (Å²) < 4.78 is 6.16. The first-order valence-corrected chi connectivity index (χ1v) is 10.1. The van der Waals surface area contributed by atoms with Crippen LogP contribution in [0.4, 0.5) is 11.4 Å². The third-order valence-electron chi connectivity index (χ3n) is 4.51. The summed E-state index contributed by atoms with van der Waals surface area (Å²) in [7, 11) is 0. The molecule has 0 aliphatic carbocycles. The van der Waals surface area contributed by atoms with E-state index in [-0.39, 0.29) is 0 Å². The molecule has 2 N–H and O–H groups in total. The summed E-state index contributed by atoms with van der Waals surface area (Å²) in [5, 5.41) is 7.01. The Morgan fingerprint density at radius 3 is 2.08 bits per heavy atom. The standard InChI is InChI=1S/C23H34N2O/c1-4-6-8-17-24-20-13-15-21(16-14-20)26-22-12-10-11-19(3)23(22)25-18-9-7-5-2/h10-16,24-25H,4-9,17-18H2,1-3H3. The van der Waals surface area contributed by atoms with Crippen molar-refractivity contribution in [1.29, 1.82) is 0 Å². The summed E-state index contributed by atoms with van der Waals surface area (Å²) in [5.41, 5.74) is 3.47. The molecule has 0 fully saturated rings. The Labute approximate surface area is 159 Å². The van der Waals surface area contributed by atoms with Crippen LogP contribution in [0.15, 0.2) is 42.5 Å². The van der Waals surface area contributed by atoms with Gasteiger partial charge < -0.3 is 15.4 Å². The second kappa shape index (κ2) is 11.5. The maximum atomic E-state index is 6.16. The molecule has 142 valence electrons. The highest BCUT2D eigenvalue weighted by Gasteiger charge is 2.07. The van der Waals surface area contributed by atoms with Crippen molar-refractivity contribution < 1.29 is 4.74 Å². The number of rotatable bonds is 12. The smallest absolute Gasteiger partial charge is 0.150 e. The van der Waals surface area contributed by atoms with Crippen molar-refractivity contribution in [3.05, 3.63) is 48.0 Å². The highest BCUT2D eigenvalue weighted by Crippen LogP contribution is 2.32. The van der Waals surface area contributed by atoms with E-state index in [1.165, 1.54) is 44.1 Å². The fourth-order valence-corrected chi connectivity index (χ4v) is 2.92. The molecular formula is C23H34N2O. The quantitative estimate of drug-likeness (QED) is 0.403. The van der Waals surface area contributed by atoms with Crippen LogP contribution in [0.2, 0.25) is 0 Å². The van der Waals surface area contributed by atoms with Gasteiger partial charge in [-0.3, -0.25) is 0 Å². The number of unbranched alkanes of at least 4 members (excludes halogenated alkanes) is 4. The van der Waals surface area contributed by atoms with Crippen molar-refractivity contribution in [3.8, 4) is 11.5 Å². The van der Waals surface area contributed by atoms with Gasteiger partial charge >= 0.3 is 0 Å². The third kappa shape index (κ3) is 6.62. The molecule has 2 aromatic rings. The van der Waals surface area contributed by atoms with E-state index in [1.54, 1.807) is 0 Å². The molecule has 0 bridgehead atoms. The lowest BCUT2D eigenvalue weighted by atomic mass is 10.1. The fraction of sp³-hybridized carbons (Fsp3) is 0.478. The molecule has 0 radical (unpaired) electrons. The molecule has 0 spiro atoms. The molecule has 0 saturated carbocycles. The van der Waals surface area contributed by atoms with Gasteiger partial charge in [0.1, 0.15) is 5.75 Å². The number of benzene rings is 2. The molecule has 26 heavy (non-hydrogen) atoms. The van der Waals surface area contributed by atoms with Crippen LogP contribution in [0.5, 0.6) is 11.5 Å². The summed E-state index contributed by atoms with van der Waals surface area (Å²) in [5.74, 6) is 1.76.